The molecule has 4 nitrogen and oxygen atoms in total. The van der Waals surface area contributed by atoms with Crippen LogP contribution < -0.4 is 0 Å². The predicted octanol–water partition coefficient (Wildman–Crippen LogP) is 2.81. The Kier molecular flexibility index (Phi) is 3.34. The van der Waals surface area contributed by atoms with E-state index in [4.69, 9.17) is 9.47 Å². The first-order chi connectivity index (χ1) is 8.27. The SMILES string of the molecule is COCC12CC(C)CC(C1)N2C(=O)OC(C)(C)C. The van der Waals surface area contributed by atoms with Crippen molar-refractivity contribution in [2.75, 3.05) is 13.7 Å². The van der Waals surface area contributed by atoms with Crippen molar-refractivity contribution < 1.29 is 14.3 Å². The molecule has 3 aliphatic rings. The zero-order chi connectivity index (χ0) is 13.6. The van der Waals surface area contributed by atoms with Crippen LogP contribution in [0.5, 0.6) is 0 Å². The minimum absolute atomic E-state index is 0.112. The predicted molar refractivity (Wildman–Crippen MR) is 69.5 cm³/mol. The van der Waals surface area contributed by atoms with Gasteiger partial charge in [0.25, 0.3) is 0 Å². The fourth-order valence-electron chi connectivity index (χ4n) is 3.58. The lowest BCUT2D eigenvalue weighted by Crippen LogP contribution is -2.73. The second-order valence-corrected chi connectivity index (χ2v) is 6.91. The second-order valence-electron chi connectivity index (χ2n) is 6.91. The van der Waals surface area contributed by atoms with Gasteiger partial charge in [-0.05, 0) is 46.0 Å². The van der Waals surface area contributed by atoms with Crippen LogP contribution in [0.3, 0.4) is 0 Å². The first-order valence-electron chi connectivity index (χ1n) is 6.79. The van der Waals surface area contributed by atoms with Gasteiger partial charge in [0.15, 0.2) is 0 Å². The fourth-order valence-corrected chi connectivity index (χ4v) is 3.58. The largest absolute Gasteiger partial charge is 0.444 e. The number of hydrogen-bond donors (Lipinski definition) is 0. The highest BCUT2D eigenvalue weighted by Crippen LogP contribution is 2.50. The fraction of sp³-hybridized carbons (Fsp3) is 0.929. The number of carbonyl (C=O) groups excluding carboxylic acids is 1. The Morgan fingerprint density at radius 2 is 2.06 bits per heavy atom. The van der Waals surface area contributed by atoms with Crippen molar-refractivity contribution in [1.29, 1.82) is 0 Å². The Morgan fingerprint density at radius 1 is 1.39 bits per heavy atom. The quantitative estimate of drug-likeness (QED) is 0.761. The van der Waals surface area contributed by atoms with Gasteiger partial charge in [0.2, 0.25) is 0 Å². The number of fused-ring (bicyclic) bond motifs is 2. The van der Waals surface area contributed by atoms with Crippen LogP contribution in [0.2, 0.25) is 0 Å². The molecule has 0 aromatic heterocycles. The third-order valence-corrected chi connectivity index (χ3v) is 3.90. The first-order valence-corrected chi connectivity index (χ1v) is 6.79. The van der Waals surface area contributed by atoms with Gasteiger partial charge in [-0.1, -0.05) is 6.92 Å². The van der Waals surface area contributed by atoms with Gasteiger partial charge < -0.3 is 9.47 Å². The summed E-state index contributed by atoms with van der Waals surface area (Å²) in [6, 6.07) is 0.346. The molecule has 3 fully saturated rings. The Labute approximate surface area is 110 Å². The first kappa shape index (κ1) is 13.7. The summed E-state index contributed by atoms with van der Waals surface area (Å²) in [5, 5.41) is 0. The second kappa shape index (κ2) is 4.41. The highest BCUT2D eigenvalue weighted by Gasteiger charge is 2.59. The lowest BCUT2D eigenvalue weighted by Gasteiger charge is -2.62. The number of hydrogen-bond acceptors (Lipinski definition) is 3. The van der Waals surface area contributed by atoms with Gasteiger partial charge in [-0.25, -0.2) is 4.79 Å². The van der Waals surface area contributed by atoms with Gasteiger partial charge in [0.05, 0.1) is 12.1 Å². The highest BCUT2D eigenvalue weighted by molar-refractivity contribution is 5.71. The van der Waals surface area contributed by atoms with Crippen LogP contribution in [0.25, 0.3) is 0 Å². The monoisotopic (exact) mass is 255 g/mol. The third kappa shape index (κ3) is 2.35. The summed E-state index contributed by atoms with van der Waals surface area (Å²) in [6.45, 7) is 8.60. The normalized spacial score (nSPS) is 35.1. The number of rotatable bonds is 2. The van der Waals surface area contributed by atoms with Gasteiger partial charge in [0.1, 0.15) is 5.60 Å². The van der Waals surface area contributed by atoms with E-state index >= 15 is 0 Å². The van der Waals surface area contributed by atoms with Crippen LogP contribution in [-0.4, -0.2) is 41.9 Å². The van der Waals surface area contributed by atoms with E-state index < -0.39 is 5.60 Å². The number of ether oxygens (including phenoxy) is 2. The summed E-state index contributed by atoms with van der Waals surface area (Å²) in [7, 11) is 1.70. The number of amides is 1. The molecule has 2 heterocycles. The summed E-state index contributed by atoms with van der Waals surface area (Å²) in [4.78, 5) is 14.2. The van der Waals surface area contributed by atoms with Gasteiger partial charge in [-0.2, -0.15) is 0 Å². The van der Waals surface area contributed by atoms with Crippen LogP contribution in [-0.2, 0) is 9.47 Å². The Hall–Kier alpha value is -0.770. The summed E-state index contributed by atoms with van der Waals surface area (Å²) in [5.74, 6) is 0.664. The van der Waals surface area contributed by atoms with Crippen molar-refractivity contribution in [2.45, 2.75) is 64.1 Å². The van der Waals surface area contributed by atoms with E-state index in [1.165, 1.54) is 0 Å². The molecule has 0 spiro atoms. The average Bonchev–Trinajstić information content (AvgIpc) is 2.12. The molecule has 3 rings (SSSR count). The molecule has 2 aliphatic heterocycles. The molecule has 3 atom stereocenters. The van der Waals surface area contributed by atoms with E-state index in [0.717, 1.165) is 19.3 Å². The lowest BCUT2D eigenvalue weighted by atomic mass is 9.65. The van der Waals surface area contributed by atoms with E-state index in [1.54, 1.807) is 7.11 Å². The number of piperidine rings is 1. The van der Waals surface area contributed by atoms with Crippen molar-refractivity contribution in [2.24, 2.45) is 5.92 Å². The maximum absolute atomic E-state index is 12.3. The van der Waals surface area contributed by atoms with E-state index in [0.29, 0.717) is 18.6 Å². The maximum atomic E-state index is 12.3. The average molecular weight is 255 g/mol. The molecule has 2 saturated heterocycles. The molecule has 3 unspecified atom stereocenters. The molecule has 1 aliphatic carbocycles. The van der Waals surface area contributed by atoms with Crippen LogP contribution in [0.1, 0.15) is 47.0 Å². The van der Waals surface area contributed by atoms with E-state index in [2.05, 4.69) is 6.92 Å². The molecule has 0 aromatic carbocycles. The van der Waals surface area contributed by atoms with Gasteiger partial charge in [0, 0.05) is 13.2 Å². The van der Waals surface area contributed by atoms with Crippen molar-refractivity contribution in [3.8, 4) is 0 Å². The number of nitrogens with zero attached hydrogens (tertiary/aromatic N) is 1. The molecule has 2 bridgehead atoms. The van der Waals surface area contributed by atoms with Crippen LogP contribution in [0.4, 0.5) is 4.79 Å². The summed E-state index contributed by atoms with van der Waals surface area (Å²) >= 11 is 0. The van der Waals surface area contributed by atoms with Crippen LogP contribution >= 0.6 is 0 Å². The topological polar surface area (TPSA) is 38.8 Å². The molecule has 4 heteroatoms. The van der Waals surface area contributed by atoms with E-state index in [9.17, 15) is 4.79 Å². The Balaban J connectivity index is 2.10. The Morgan fingerprint density at radius 3 is 2.61 bits per heavy atom. The number of carbonyl (C=O) groups is 1. The van der Waals surface area contributed by atoms with Gasteiger partial charge in [-0.3, -0.25) is 4.90 Å². The van der Waals surface area contributed by atoms with E-state index in [-0.39, 0.29) is 11.6 Å². The molecule has 0 radical (unpaired) electrons. The molecule has 0 aromatic rings. The molecule has 104 valence electrons. The van der Waals surface area contributed by atoms with E-state index in [1.807, 2.05) is 25.7 Å². The molecular formula is C14H25NO3. The highest BCUT2D eigenvalue weighted by atomic mass is 16.6. The van der Waals surface area contributed by atoms with Crippen molar-refractivity contribution in [1.82, 2.24) is 4.90 Å². The van der Waals surface area contributed by atoms with Gasteiger partial charge in [-0.15, -0.1) is 0 Å². The summed E-state index contributed by atoms with van der Waals surface area (Å²) < 4.78 is 10.8. The maximum Gasteiger partial charge on any atom is 0.411 e. The standard InChI is InChI=1S/C14H25NO3/c1-10-6-11-8-14(7-10,9-17-5)15(11)12(16)18-13(2,3)4/h10-11H,6-9H2,1-5H3. The van der Waals surface area contributed by atoms with Gasteiger partial charge >= 0.3 is 6.09 Å². The zero-order valence-electron chi connectivity index (χ0n) is 12.2. The lowest BCUT2D eigenvalue weighted by molar-refractivity contribution is -0.147. The molecule has 18 heavy (non-hydrogen) atoms. The van der Waals surface area contributed by atoms with Crippen LogP contribution in [0.15, 0.2) is 0 Å². The third-order valence-electron chi connectivity index (χ3n) is 3.90. The molecular weight excluding hydrogens is 230 g/mol. The number of methoxy groups -OCH3 is 1. The minimum atomic E-state index is -0.430. The smallest absolute Gasteiger partial charge is 0.411 e. The van der Waals surface area contributed by atoms with Crippen LogP contribution in [0, 0.1) is 5.92 Å². The van der Waals surface area contributed by atoms with Crippen molar-refractivity contribution in [3.05, 3.63) is 0 Å². The Bertz CT molecular complexity index is 332. The van der Waals surface area contributed by atoms with Crippen molar-refractivity contribution in [3.63, 3.8) is 0 Å². The molecule has 0 N–H and O–H groups in total. The van der Waals surface area contributed by atoms with Crippen molar-refractivity contribution >= 4 is 6.09 Å². The summed E-state index contributed by atoms with van der Waals surface area (Å²) in [6.07, 6.45) is 2.99. The molecule has 1 amide bonds. The summed E-state index contributed by atoms with van der Waals surface area (Å²) in [5.41, 5.74) is -0.541. The minimum Gasteiger partial charge on any atom is -0.444 e. The molecule has 1 saturated carbocycles. The zero-order valence-corrected chi connectivity index (χ0v) is 12.2.